The molecule has 0 radical (unpaired) electrons. The van der Waals surface area contributed by atoms with Gasteiger partial charge in [0.1, 0.15) is 17.2 Å². The van der Waals surface area contributed by atoms with Crippen LogP contribution >= 0.6 is 0 Å². The smallest absolute Gasteiger partial charge is 0.311 e. The Kier molecular flexibility index (Phi) is 14.5. The van der Waals surface area contributed by atoms with E-state index in [1.54, 1.807) is 36.4 Å². The molecule has 2 rings (SSSR count). The molecular formula is C32H42O4. The van der Waals surface area contributed by atoms with Crippen LogP contribution < -0.4 is 4.74 Å². The Balaban J connectivity index is 1.58. The fourth-order valence-corrected chi connectivity index (χ4v) is 3.80. The molecule has 4 nitrogen and oxygen atoms in total. The molecule has 0 aliphatic carbocycles. The molecule has 0 aliphatic rings. The highest BCUT2D eigenvalue weighted by atomic mass is 16.5. The van der Waals surface area contributed by atoms with E-state index in [2.05, 4.69) is 31.2 Å². The van der Waals surface area contributed by atoms with Crippen LogP contribution in [0.5, 0.6) is 17.2 Å². The molecule has 2 aromatic carbocycles. The van der Waals surface area contributed by atoms with Crippen LogP contribution in [0, 0.1) is 0 Å². The summed E-state index contributed by atoms with van der Waals surface area (Å²) in [6.45, 7) is 2.23. The number of esters is 1. The highest BCUT2D eigenvalue weighted by Gasteiger charge is 2.07. The average Bonchev–Trinajstić information content (AvgIpc) is 2.85. The third-order valence-corrected chi connectivity index (χ3v) is 5.84. The molecule has 4 heteroatoms. The van der Waals surface area contributed by atoms with Crippen LogP contribution in [0.25, 0.3) is 12.2 Å². The van der Waals surface area contributed by atoms with E-state index in [4.69, 9.17) is 4.74 Å². The van der Waals surface area contributed by atoms with E-state index in [1.807, 2.05) is 12.2 Å². The van der Waals surface area contributed by atoms with Crippen molar-refractivity contribution in [2.24, 2.45) is 0 Å². The first-order valence-electron chi connectivity index (χ1n) is 13.4. The van der Waals surface area contributed by atoms with Crippen LogP contribution in [0.4, 0.5) is 0 Å². The van der Waals surface area contributed by atoms with E-state index in [-0.39, 0.29) is 17.5 Å². The molecule has 0 amide bonds. The molecule has 0 heterocycles. The zero-order valence-corrected chi connectivity index (χ0v) is 21.7. The number of ether oxygens (including phenoxy) is 1. The summed E-state index contributed by atoms with van der Waals surface area (Å²) in [5.74, 6) is 0.318. The van der Waals surface area contributed by atoms with Gasteiger partial charge in [-0.15, -0.1) is 0 Å². The fourth-order valence-electron chi connectivity index (χ4n) is 3.80. The molecule has 194 valence electrons. The molecule has 2 aromatic rings. The van der Waals surface area contributed by atoms with Crippen molar-refractivity contribution in [3.8, 4) is 17.2 Å². The van der Waals surface area contributed by atoms with Crippen molar-refractivity contribution in [3.63, 3.8) is 0 Å². The first kappa shape index (κ1) is 29.0. The molecule has 0 atom stereocenters. The van der Waals surface area contributed by atoms with Gasteiger partial charge in [0, 0.05) is 12.5 Å². The van der Waals surface area contributed by atoms with Crippen molar-refractivity contribution in [3.05, 3.63) is 77.9 Å². The zero-order valence-electron chi connectivity index (χ0n) is 21.7. The first-order chi connectivity index (χ1) is 17.6. The van der Waals surface area contributed by atoms with Gasteiger partial charge in [0.25, 0.3) is 0 Å². The molecule has 0 fully saturated rings. The molecule has 0 spiro atoms. The molecule has 2 N–H and O–H groups in total. The molecular weight excluding hydrogens is 448 g/mol. The lowest BCUT2D eigenvalue weighted by Gasteiger charge is -2.06. The molecule has 0 unspecified atom stereocenters. The number of carbonyl (C=O) groups is 1. The van der Waals surface area contributed by atoms with Gasteiger partial charge in [-0.05, 0) is 73.9 Å². The van der Waals surface area contributed by atoms with Crippen molar-refractivity contribution >= 4 is 18.1 Å². The maximum Gasteiger partial charge on any atom is 0.311 e. The number of phenols is 2. The first-order valence-corrected chi connectivity index (χ1v) is 13.4. The minimum absolute atomic E-state index is 0.0442. The van der Waals surface area contributed by atoms with Crippen LogP contribution in [-0.4, -0.2) is 16.2 Å². The Morgan fingerprint density at radius 1 is 0.722 bits per heavy atom. The van der Waals surface area contributed by atoms with Gasteiger partial charge in [0.05, 0.1) is 0 Å². The highest BCUT2D eigenvalue weighted by molar-refractivity contribution is 5.74. The predicted molar refractivity (Wildman–Crippen MR) is 150 cm³/mol. The van der Waals surface area contributed by atoms with Crippen molar-refractivity contribution in [1.29, 1.82) is 0 Å². The van der Waals surface area contributed by atoms with Gasteiger partial charge >= 0.3 is 5.97 Å². The monoisotopic (exact) mass is 490 g/mol. The van der Waals surface area contributed by atoms with Crippen molar-refractivity contribution < 1.29 is 19.7 Å². The summed E-state index contributed by atoms with van der Waals surface area (Å²) in [5, 5.41) is 19.4. The number of hydrogen-bond donors (Lipinski definition) is 2. The Hall–Kier alpha value is -3.27. The number of rotatable bonds is 17. The molecule has 36 heavy (non-hydrogen) atoms. The summed E-state index contributed by atoms with van der Waals surface area (Å²) in [5.41, 5.74) is 1.64. The van der Waals surface area contributed by atoms with Gasteiger partial charge in [-0.3, -0.25) is 4.79 Å². The van der Waals surface area contributed by atoms with Gasteiger partial charge in [-0.1, -0.05) is 87.6 Å². The predicted octanol–water partition coefficient (Wildman–Crippen LogP) is 8.99. The quantitative estimate of drug-likeness (QED) is 0.0763. The average molecular weight is 491 g/mol. The van der Waals surface area contributed by atoms with E-state index in [0.29, 0.717) is 12.2 Å². The maximum absolute atomic E-state index is 12.2. The topological polar surface area (TPSA) is 66.8 Å². The van der Waals surface area contributed by atoms with Crippen molar-refractivity contribution in [1.82, 2.24) is 0 Å². The van der Waals surface area contributed by atoms with E-state index in [1.165, 1.54) is 44.6 Å². The van der Waals surface area contributed by atoms with Gasteiger partial charge in [0.15, 0.2) is 0 Å². The summed E-state index contributed by atoms with van der Waals surface area (Å²) < 4.78 is 5.44. The Morgan fingerprint density at radius 2 is 1.36 bits per heavy atom. The summed E-state index contributed by atoms with van der Waals surface area (Å²) in [6, 6.07) is 11.6. The minimum atomic E-state index is -0.278. The Morgan fingerprint density at radius 3 is 2.08 bits per heavy atom. The standard InChI is InChI=1S/C32H42O4/c1-2-3-4-5-6-7-8-9-10-11-12-13-14-15-16-17-32(35)36-31-25-28(24-30(34)26-31)19-18-27-20-22-29(33)23-21-27/h6-7,9-10,18-26,33-34H,2-5,8,11-17H2,1H3/b7-6-,10-9-,19-18?. The molecule has 0 saturated carbocycles. The molecule has 0 saturated heterocycles. The van der Waals surface area contributed by atoms with E-state index in [9.17, 15) is 15.0 Å². The van der Waals surface area contributed by atoms with Crippen LogP contribution in [0.2, 0.25) is 0 Å². The van der Waals surface area contributed by atoms with Gasteiger partial charge in [-0.2, -0.15) is 0 Å². The lowest BCUT2D eigenvalue weighted by Crippen LogP contribution is -2.07. The van der Waals surface area contributed by atoms with Gasteiger partial charge < -0.3 is 14.9 Å². The van der Waals surface area contributed by atoms with Crippen LogP contribution in [0.3, 0.4) is 0 Å². The molecule has 0 bridgehead atoms. The summed E-state index contributed by atoms with van der Waals surface area (Å²) in [7, 11) is 0. The van der Waals surface area contributed by atoms with Crippen molar-refractivity contribution in [2.75, 3.05) is 0 Å². The number of unbranched alkanes of at least 4 members (excludes halogenated alkanes) is 8. The number of phenolic OH excluding ortho intramolecular Hbond substituents is 2. The maximum atomic E-state index is 12.2. The second kappa shape index (κ2) is 18.1. The van der Waals surface area contributed by atoms with E-state index in [0.717, 1.165) is 43.2 Å². The number of allylic oxidation sites excluding steroid dienone is 4. The van der Waals surface area contributed by atoms with E-state index >= 15 is 0 Å². The summed E-state index contributed by atoms with van der Waals surface area (Å²) in [6.07, 6.45) is 25.7. The lowest BCUT2D eigenvalue weighted by molar-refractivity contribution is -0.134. The molecule has 0 aliphatic heterocycles. The largest absolute Gasteiger partial charge is 0.508 e. The third kappa shape index (κ3) is 13.6. The summed E-state index contributed by atoms with van der Waals surface area (Å²) >= 11 is 0. The third-order valence-electron chi connectivity index (χ3n) is 5.84. The second-order valence-corrected chi connectivity index (χ2v) is 9.14. The number of benzene rings is 2. The minimum Gasteiger partial charge on any atom is -0.508 e. The lowest BCUT2D eigenvalue weighted by atomic mass is 10.1. The second-order valence-electron chi connectivity index (χ2n) is 9.14. The molecule has 0 aromatic heterocycles. The van der Waals surface area contributed by atoms with E-state index < -0.39 is 0 Å². The number of aromatic hydroxyl groups is 2. The van der Waals surface area contributed by atoms with Gasteiger partial charge in [-0.25, -0.2) is 0 Å². The fraction of sp³-hybridized carbons (Fsp3) is 0.406. The normalized spacial score (nSPS) is 11.7. The van der Waals surface area contributed by atoms with Crippen LogP contribution in [0.1, 0.15) is 95.1 Å². The highest BCUT2D eigenvalue weighted by Crippen LogP contribution is 2.24. The SMILES string of the molecule is CCCCC/C=C\C/C=C\CCCCCCCC(=O)Oc1cc(O)cc(C=Cc2ccc(O)cc2)c1. The Bertz CT molecular complexity index is 970. The number of hydrogen-bond acceptors (Lipinski definition) is 4. The van der Waals surface area contributed by atoms with Crippen molar-refractivity contribution in [2.45, 2.75) is 84.0 Å². The number of carbonyl (C=O) groups excluding carboxylic acids is 1. The summed E-state index contributed by atoms with van der Waals surface area (Å²) in [4.78, 5) is 12.2. The van der Waals surface area contributed by atoms with Crippen LogP contribution in [-0.2, 0) is 4.79 Å². The zero-order chi connectivity index (χ0) is 25.8. The van der Waals surface area contributed by atoms with Gasteiger partial charge in [0.2, 0.25) is 0 Å². The Labute approximate surface area is 217 Å². The van der Waals surface area contributed by atoms with Crippen LogP contribution in [0.15, 0.2) is 66.8 Å².